The lowest BCUT2D eigenvalue weighted by Crippen LogP contribution is -1.95. The molecule has 1 N–H and O–H groups in total. The average molecular weight is 246 g/mol. The van der Waals surface area contributed by atoms with E-state index in [0.717, 1.165) is 17.5 Å². The van der Waals surface area contributed by atoms with Gasteiger partial charge in [0.2, 0.25) is 0 Å². The Morgan fingerprint density at radius 2 is 2.17 bits per heavy atom. The van der Waals surface area contributed by atoms with Gasteiger partial charge >= 0.3 is 5.69 Å². The monoisotopic (exact) mass is 246 g/mol. The van der Waals surface area contributed by atoms with Gasteiger partial charge in [-0.05, 0) is 24.5 Å². The summed E-state index contributed by atoms with van der Waals surface area (Å²) in [6.07, 6.45) is 4.64. The lowest BCUT2D eigenvalue weighted by atomic mass is 10.0. The van der Waals surface area contributed by atoms with E-state index >= 15 is 0 Å². The number of nitro groups is 1. The van der Waals surface area contributed by atoms with Gasteiger partial charge in [0.1, 0.15) is 5.69 Å². The molecule has 0 aromatic carbocycles. The SMILES string of the molecule is CCc1ccncc1-c1n[nH]c(CC)c1[N+](=O)[O-]. The number of nitrogens with zero attached hydrogens (tertiary/aromatic N) is 3. The third-order valence-corrected chi connectivity index (χ3v) is 2.90. The molecule has 0 aliphatic heterocycles. The Bertz CT molecular complexity index is 577. The minimum absolute atomic E-state index is 0.0557. The Kier molecular flexibility index (Phi) is 3.36. The van der Waals surface area contributed by atoms with Crippen molar-refractivity contribution in [2.24, 2.45) is 0 Å². The molecule has 0 spiro atoms. The number of aryl methyl sites for hydroxylation is 2. The molecule has 0 amide bonds. The van der Waals surface area contributed by atoms with Crippen LogP contribution in [0, 0.1) is 10.1 Å². The number of rotatable bonds is 4. The molecule has 0 bridgehead atoms. The molecular formula is C12H14N4O2. The zero-order valence-corrected chi connectivity index (χ0v) is 10.3. The van der Waals surface area contributed by atoms with Gasteiger partial charge in [0.15, 0.2) is 5.69 Å². The van der Waals surface area contributed by atoms with Crippen molar-refractivity contribution in [3.05, 3.63) is 39.8 Å². The number of nitrogens with one attached hydrogen (secondary N) is 1. The normalized spacial score (nSPS) is 10.6. The molecule has 2 aromatic rings. The first-order chi connectivity index (χ1) is 8.69. The van der Waals surface area contributed by atoms with Crippen molar-refractivity contribution in [3.8, 4) is 11.3 Å². The van der Waals surface area contributed by atoms with Crippen LogP contribution in [0.2, 0.25) is 0 Å². The predicted molar refractivity (Wildman–Crippen MR) is 67.2 cm³/mol. The molecule has 0 unspecified atom stereocenters. The summed E-state index contributed by atoms with van der Waals surface area (Å²) in [5.41, 5.74) is 2.70. The van der Waals surface area contributed by atoms with Crippen molar-refractivity contribution in [2.45, 2.75) is 26.7 Å². The Labute approximate surface area is 104 Å². The molecule has 0 aliphatic carbocycles. The molecule has 94 valence electrons. The summed E-state index contributed by atoms with van der Waals surface area (Å²) in [5, 5.41) is 18.0. The Morgan fingerprint density at radius 1 is 1.39 bits per heavy atom. The van der Waals surface area contributed by atoms with Crippen molar-refractivity contribution in [1.82, 2.24) is 15.2 Å². The summed E-state index contributed by atoms with van der Waals surface area (Å²) in [4.78, 5) is 14.8. The van der Waals surface area contributed by atoms with Crippen LogP contribution in [0.1, 0.15) is 25.1 Å². The fraction of sp³-hybridized carbons (Fsp3) is 0.333. The first kappa shape index (κ1) is 12.2. The molecule has 18 heavy (non-hydrogen) atoms. The first-order valence-corrected chi connectivity index (χ1v) is 5.83. The lowest BCUT2D eigenvalue weighted by molar-refractivity contribution is -0.384. The highest BCUT2D eigenvalue weighted by Crippen LogP contribution is 2.32. The van der Waals surface area contributed by atoms with Crippen LogP contribution in [0.15, 0.2) is 18.5 Å². The molecule has 0 atom stereocenters. The first-order valence-electron chi connectivity index (χ1n) is 5.83. The van der Waals surface area contributed by atoms with E-state index in [1.165, 1.54) is 0 Å². The highest BCUT2D eigenvalue weighted by molar-refractivity contribution is 5.73. The van der Waals surface area contributed by atoms with Gasteiger partial charge < -0.3 is 0 Å². The Balaban J connectivity index is 2.64. The summed E-state index contributed by atoms with van der Waals surface area (Å²) >= 11 is 0. The number of hydrogen-bond acceptors (Lipinski definition) is 4. The van der Waals surface area contributed by atoms with Gasteiger partial charge in [0.25, 0.3) is 0 Å². The molecule has 0 radical (unpaired) electrons. The molecule has 2 aromatic heterocycles. The Hall–Kier alpha value is -2.24. The topological polar surface area (TPSA) is 84.7 Å². The van der Waals surface area contributed by atoms with Crippen molar-refractivity contribution in [2.75, 3.05) is 0 Å². The van der Waals surface area contributed by atoms with E-state index in [0.29, 0.717) is 17.8 Å². The fourth-order valence-corrected chi connectivity index (χ4v) is 1.95. The fourth-order valence-electron chi connectivity index (χ4n) is 1.95. The number of hydrogen-bond donors (Lipinski definition) is 1. The molecule has 2 heterocycles. The molecular weight excluding hydrogens is 232 g/mol. The average Bonchev–Trinajstić information content (AvgIpc) is 2.82. The highest BCUT2D eigenvalue weighted by Gasteiger charge is 2.25. The van der Waals surface area contributed by atoms with Crippen LogP contribution in [0.5, 0.6) is 0 Å². The molecule has 6 nitrogen and oxygen atoms in total. The van der Waals surface area contributed by atoms with Crippen molar-refractivity contribution in [3.63, 3.8) is 0 Å². The van der Waals surface area contributed by atoms with E-state index in [2.05, 4.69) is 15.2 Å². The van der Waals surface area contributed by atoms with Gasteiger partial charge in [0.05, 0.1) is 4.92 Å². The van der Waals surface area contributed by atoms with Crippen LogP contribution in [-0.2, 0) is 12.8 Å². The van der Waals surface area contributed by atoms with Crippen LogP contribution in [0.25, 0.3) is 11.3 Å². The van der Waals surface area contributed by atoms with Crippen molar-refractivity contribution < 1.29 is 4.92 Å². The van der Waals surface area contributed by atoms with E-state index in [4.69, 9.17) is 0 Å². The maximum Gasteiger partial charge on any atom is 0.317 e. The zero-order valence-electron chi connectivity index (χ0n) is 10.3. The minimum atomic E-state index is -0.385. The van der Waals surface area contributed by atoms with Crippen LogP contribution in [0.3, 0.4) is 0 Å². The molecule has 0 saturated carbocycles. The minimum Gasteiger partial charge on any atom is -0.275 e. The number of aromatic nitrogens is 3. The maximum atomic E-state index is 11.2. The smallest absolute Gasteiger partial charge is 0.275 e. The van der Waals surface area contributed by atoms with E-state index in [1.54, 1.807) is 12.4 Å². The second-order valence-electron chi connectivity index (χ2n) is 3.90. The number of aromatic amines is 1. The molecule has 0 saturated heterocycles. The van der Waals surface area contributed by atoms with E-state index in [-0.39, 0.29) is 10.6 Å². The summed E-state index contributed by atoms with van der Waals surface area (Å²) in [5.74, 6) is 0. The van der Waals surface area contributed by atoms with Gasteiger partial charge in [0, 0.05) is 18.0 Å². The van der Waals surface area contributed by atoms with Crippen molar-refractivity contribution >= 4 is 5.69 Å². The van der Waals surface area contributed by atoms with Gasteiger partial charge in [-0.1, -0.05) is 13.8 Å². The van der Waals surface area contributed by atoms with Crippen LogP contribution >= 0.6 is 0 Å². The highest BCUT2D eigenvalue weighted by atomic mass is 16.6. The third-order valence-electron chi connectivity index (χ3n) is 2.90. The lowest BCUT2D eigenvalue weighted by Gasteiger charge is -2.03. The Morgan fingerprint density at radius 3 is 2.78 bits per heavy atom. The van der Waals surface area contributed by atoms with Gasteiger partial charge in [-0.2, -0.15) is 5.10 Å². The second kappa shape index (κ2) is 4.95. The van der Waals surface area contributed by atoms with Gasteiger partial charge in [-0.25, -0.2) is 0 Å². The van der Waals surface area contributed by atoms with E-state index in [1.807, 2.05) is 19.9 Å². The summed E-state index contributed by atoms with van der Waals surface area (Å²) in [6, 6.07) is 1.86. The molecule has 0 aliphatic rings. The molecule has 6 heteroatoms. The molecule has 0 fully saturated rings. The number of pyridine rings is 1. The quantitative estimate of drug-likeness (QED) is 0.663. The standard InChI is InChI=1S/C12H14N4O2/c1-3-8-5-6-13-7-9(8)11-12(16(17)18)10(4-2)14-15-11/h5-7H,3-4H2,1-2H3,(H,14,15). The number of H-pyrrole nitrogens is 1. The van der Waals surface area contributed by atoms with Gasteiger partial charge in [-0.15, -0.1) is 0 Å². The summed E-state index contributed by atoms with van der Waals surface area (Å²) < 4.78 is 0. The van der Waals surface area contributed by atoms with Crippen LogP contribution in [-0.4, -0.2) is 20.1 Å². The van der Waals surface area contributed by atoms with E-state index < -0.39 is 0 Å². The largest absolute Gasteiger partial charge is 0.317 e. The maximum absolute atomic E-state index is 11.2. The summed E-state index contributed by atoms with van der Waals surface area (Å²) in [7, 11) is 0. The van der Waals surface area contributed by atoms with Crippen LogP contribution in [0.4, 0.5) is 5.69 Å². The van der Waals surface area contributed by atoms with Gasteiger partial charge in [-0.3, -0.25) is 20.2 Å². The molecule has 2 rings (SSSR count). The second-order valence-corrected chi connectivity index (χ2v) is 3.90. The van der Waals surface area contributed by atoms with Crippen molar-refractivity contribution in [1.29, 1.82) is 0 Å². The van der Waals surface area contributed by atoms with E-state index in [9.17, 15) is 10.1 Å². The third kappa shape index (κ3) is 1.97. The van der Waals surface area contributed by atoms with Crippen LogP contribution < -0.4 is 0 Å². The predicted octanol–water partition coefficient (Wildman–Crippen LogP) is 2.50. The zero-order chi connectivity index (χ0) is 13.1. The summed E-state index contributed by atoms with van der Waals surface area (Å²) in [6.45, 7) is 3.85.